The summed E-state index contributed by atoms with van der Waals surface area (Å²) in [7, 11) is 0. The van der Waals surface area contributed by atoms with Crippen LogP contribution in [0.5, 0.6) is 5.75 Å². The lowest BCUT2D eigenvalue weighted by molar-refractivity contribution is -0.141. The van der Waals surface area contributed by atoms with Gasteiger partial charge in [0, 0.05) is 21.4 Å². The first-order valence-corrected chi connectivity index (χ1v) is 17.0. The number of fused-ring (bicyclic) bond motifs is 4. The number of aromatic hydroxyl groups is 1. The second-order valence-electron chi connectivity index (χ2n) is 12.9. The fraction of sp³-hybridized carbons (Fsp3) is 0.263. The largest absolute Gasteiger partial charge is 0.507 e. The number of likely N-dealkylation sites (tertiary alicyclic amines) is 1. The highest BCUT2D eigenvalue weighted by Crippen LogP contribution is 2.65. The average Bonchev–Trinajstić information content (AvgIpc) is 3.74. The first kappa shape index (κ1) is 29.8. The van der Waals surface area contributed by atoms with Crippen molar-refractivity contribution < 1.29 is 24.3 Å². The maximum absolute atomic E-state index is 15.2. The molecule has 4 amide bonds. The van der Waals surface area contributed by atoms with E-state index in [1.807, 2.05) is 66.1 Å². The number of phenolic OH excluding ortho intramolecular Hbond substituents is 1. The molecule has 6 atom stereocenters. The van der Waals surface area contributed by atoms with E-state index in [9.17, 15) is 19.5 Å². The Morgan fingerprint density at radius 2 is 1.68 bits per heavy atom. The van der Waals surface area contributed by atoms with E-state index >= 15 is 4.79 Å². The van der Waals surface area contributed by atoms with Gasteiger partial charge in [-0.15, -0.1) is 11.3 Å². The highest BCUT2D eigenvalue weighted by molar-refractivity contribution is 7.09. The van der Waals surface area contributed by atoms with Crippen LogP contribution in [0, 0.1) is 30.6 Å². The van der Waals surface area contributed by atoms with Crippen LogP contribution in [0.4, 0.5) is 5.69 Å². The summed E-state index contributed by atoms with van der Waals surface area (Å²) in [6, 6.07) is 25.3. The number of benzene rings is 3. The number of thiophene rings is 1. The highest BCUT2D eigenvalue weighted by Gasteiger charge is 2.70. The Morgan fingerprint density at radius 1 is 0.894 bits per heavy atom. The molecule has 3 fully saturated rings. The number of amides is 4. The molecule has 0 bridgehead atoms. The van der Waals surface area contributed by atoms with Crippen molar-refractivity contribution >= 4 is 52.3 Å². The van der Waals surface area contributed by atoms with Gasteiger partial charge in [0.1, 0.15) is 5.75 Å². The van der Waals surface area contributed by atoms with Crippen molar-refractivity contribution in [3.8, 4) is 5.75 Å². The molecule has 0 spiro atoms. The SMILES string of the molecule is Cc1cccc([C@H]2C3=CC[C@@H]4C(=O)N(Cc5cccs5)C(=O)[C@@H]4[C@@H]3C[C@H]3C(=O)N(c4cccc(Cl)c4)C(=O)[C@@]23c2ccccc2)c1O. The lowest BCUT2D eigenvalue weighted by atomic mass is 9.49. The van der Waals surface area contributed by atoms with Gasteiger partial charge in [-0.1, -0.05) is 83.9 Å². The van der Waals surface area contributed by atoms with E-state index in [0.717, 1.165) is 10.5 Å². The predicted octanol–water partition coefficient (Wildman–Crippen LogP) is 6.78. The summed E-state index contributed by atoms with van der Waals surface area (Å²) >= 11 is 7.87. The van der Waals surface area contributed by atoms with E-state index in [-0.39, 0.29) is 36.4 Å². The van der Waals surface area contributed by atoms with Crippen molar-refractivity contribution in [2.75, 3.05) is 4.90 Å². The molecule has 8 rings (SSSR count). The number of anilines is 1. The Bertz CT molecular complexity index is 1990. The lowest BCUT2D eigenvalue weighted by Crippen LogP contribution is -2.53. The van der Waals surface area contributed by atoms with Crippen molar-refractivity contribution in [2.45, 2.75) is 37.6 Å². The third-order valence-electron chi connectivity index (χ3n) is 10.7. The zero-order chi connectivity index (χ0) is 32.6. The summed E-state index contributed by atoms with van der Waals surface area (Å²) in [5.41, 5.74) is 1.58. The summed E-state index contributed by atoms with van der Waals surface area (Å²) in [6.07, 6.45) is 2.55. The summed E-state index contributed by atoms with van der Waals surface area (Å²) in [5, 5.41) is 14.0. The molecule has 3 aromatic carbocycles. The molecule has 7 nitrogen and oxygen atoms in total. The molecule has 2 saturated heterocycles. The molecular formula is C38H31ClN2O5S. The Kier molecular flexibility index (Phi) is 7.00. The van der Waals surface area contributed by atoms with Crippen LogP contribution in [0.2, 0.25) is 5.02 Å². The molecule has 1 N–H and O–H groups in total. The number of hydrogen-bond acceptors (Lipinski definition) is 6. The fourth-order valence-corrected chi connectivity index (χ4v) is 9.66. The number of carbonyl (C=O) groups excluding carboxylic acids is 4. The lowest BCUT2D eigenvalue weighted by Gasteiger charge is -2.50. The standard InChI is InChI=1S/C38H31ClN2O5S/c1-21-8-5-14-28(33(21)42)32-26-15-16-27-31(36(45)40(34(27)43)20-25-13-7-17-47-25)29(26)19-30-35(44)41(24-12-6-11-23(39)18-24)37(46)38(30,32)22-9-3-2-4-10-22/h2-15,17-18,27,29-32,42H,16,19-20H2,1H3/t27-,29+,30-,31-,32+,38+/m0/s1. The summed E-state index contributed by atoms with van der Waals surface area (Å²) in [4.78, 5) is 61.6. The van der Waals surface area contributed by atoms with E-state index in [0.29, 0.717) is 33.8 Å². The van der Waals surface area contributed by atoms with Crippen molar-refractivity contribution in [2.24, 2.45) is 23.7 Å². The summed E-state index contributed by atoms with van der Waals surface area (Å²) in [5.74, 6) is -4.54. The smallest absolute Gasteiger partial charge is 0.246 e. The third kappa shape index (κ3) is 4.24. The Labute approximate surface area is 281 Å². The number of rotatable bonds is 5. The number of hydrogen-bond donors (Lipinski definition) is 1. The molecular weight excluding hydrogens is 632 g/mol. The zero-order valence-electron chi connectivity index (χ0n) is 25.5. The first-order chi connectivity index (χ1) is 22.7. The molecule has 2 aliphatic heterocycles. The van der Waals surface area contributed by atoms with Crippen molar-refractivity contribution in [3.63, 3.8) is 0 Å². The molecule has 1 aromatic heterocycles. The van der Waals surface area contributed by atoms with Gasteiger partial charge >= 0.3 is 0 Å². The molecule has 3 heterocycles. The molecule has 0 unspecified atom stereocenters. The van der Waals surface area contributed by atoms with Crippen LogP contribution in [0.25, 0.3) is 0 Å². The first-order valence-electron chi connectivity index (χ1n) is 15.8. The van der Waals surface area contributed by atoms with Crippen LogP contribution >= 0.6 is 22.9 Å². The van der Waals surface area contributed by atoms with E-state index in [2.05, 4.69) is 0 Å². The van der Waals surface area contributed by atoms with Crippen LogP contribution < -0.4 is 4.90 Å². The molecule has 0 radical (unpaired) electrons. The molecule has 236 valence electrons. The van der Waals surface area contributed by atoms with Gasteiger partial charge in [-0.2, -0.15) is 0 Å². The van der Waals surface area contributed by atoms with Gasteiger partial charge in [-0.25, -0.2) is 4.90 Å². The quantitative estimate of drug-likeness (QED) is 0.188. The van der Waals surface area contributed by atoms with Crippen LogP contribution in [0.15, 0.2) is 102 Å². The molecule has 4 aromatic rings. The van der Waals surface area contributed by atoms with Crippen molar-refractivity contribution in [1.82, 2.24) is 4.90 Å². The number of allylic oxidation sites excluding steroid dienone is 2. The maximum Gasteiger partial charge on any atom is 0.246 e. The van der Waals surface area contributed by atoms with Crippen LogP contribution in [-0.2, 0) is 31.1 Å². The number of phenols is 1. The third-order valence-corrected chi connectivity index (χ3v) is 11.8. The zero-order valence-corrected chi connectivity index (χ0v) is 27.1. The monoisotopic (exact) mass is 662 g/mol. The molecule has 9 heteroatoms. The van der Waals surface area contributed by atoms with Gasteiger partial charge < -0.3 is 5.11 Å². The van der Waals surface area contributed by atoms with Crippen LogP contribution in [0.1, 0.15) is 40.3 Å². The van der Waals surface area contributed by atoms with Crippen LogP contribution in [0.3, 0.4) is 0 Å². The Hall–Kier alpha value is -4.53. The maximum atomic E-state index is 15.2. The minimum Gasteiger partial charge on any atom is -0.507 e. The number of aryl methyl sites for hydroxylation is 1. The van der Waals surface area contributed by atoms with Gasteiger partial charge in [0.05, 0.1) is 35.4 Å². The van der Waals surface area contributed by atoms with Gasteiger partial charge in [0.15, 0.2) is 0 Å². The number of para-hydroxylation sites is 1. The number of halogens is 1. The Morgan fingerprint density at radius 3 is 2.43 bits per heavy atom. The Balaban J connectivity index is 1.35. The average molecular weight is 663 g/mol. The molecule has 4 aliphatic rings. The minimum atomic E-state index is -1.43. The van der Waals surface area contributed by atoms with Gasteiger partial charge in [-0.05, 0) is 66.5 Å². The number of nitrogens with zero attached hydrogens (tertiary/aromatic N) is 2. The van der Waals surface area contributed by atoms with Gasteiger partial charge in [-0.3, -0.25) is 24.1 Å². The van der Waals surface area contributed by atoms with E-state index in [4.69, 9.17) is 11.6 Å². The second kappa shape index (κ2) is 11.0. The molecule has 1 saturated carbocycles. The van der Waals surface area contributed by atoms with Gasteiger partial charge in [0.2, 0.25) is 23.6 Å². The summed E-state index contributed by atoms with van der Waals surface area (Å²) < 4.78 is 0. The van der Waals surface area contributed by atoms with E-state index in [1.54, 1.807) is 37.3 Å². The highest BCUT2D eigenvalue weighted by atomic mass is 35.5. The van der Waals surface area contributed by atoms with Gasteiger partial charge in [0.25, 0.3) is 0 Å². The minimum absolute atomic E-state index is 0.0461. The molecule has 2 aliphatic carbocycles. The van der Waals surface area contributed by atoms with E-state index < -0.39 is 40.9 Å². The topological polar surface area (TPSA) is 95.0 Å². The number of carbonyl (C=O) groups is 4. The second-order valence-corrected chi connectivity index (χ2v) is 14.4. The van der Waals surface area contributed by atoms with Crippen molar-refractivity contribution in [1.29, 1.82) is 0 Å². The molecule has 47 heavy (non-hydrogen) atoms. The van der Waals surface area contributed by atoms with Crippen LogP contribution in [-0.4, -0.2) is 33.6 Å². The summed E-state index contributed by atoms with van der Waals surface area (Å²) in [6.45, 7) is 2.02. The van der Waals surface area contributed by atoms with Crippen molar-refractivity contribution in [3.05, 3.63) is 129 Å². The van der Waals surface area contributed by atoms with E-state index in [1.165, 1.54) is 21.1 Å². The predicted molar refractivity (Wildman–Crippen MR) is 179 cm³/mol. The fourth-order valence-electron chi connectivity index (χ4n) is 8.78. The number of imide groups is 2. The normalized spacial score (nSPS) is 28.3.